The molecule has 136 valence electrons. The van der Waals surface area contributed by atoms with Gasteiger partial charge in [-0.15, -0.1) is 0 Å². The molecule has 2 atom stereocenters. The van der Waals surface area contributed by atoms with Crippen LogP contribution in [0.5, 0.6) is 0 Å². The van der Waals surface area contributed by atoms with Gasteiger partial charge in [0, 0.05) is 25.1 Å². The van der Waals surface area contributed by atoms with Crippen LogP contribution in [0.25, 0.3) is 11.4 Å². The molecule has 1 aromatic carbocycles. The van der Waals surface area contributed by atoms with Gasteiger partial charge in [0.05, 0.1) is 11.8 Å². The van der Waals surface area contributed by atoms with E-state index in [9.17, 15) is 9.59 Å². The Morgan fingerprint density at radius 1 is 1.08 bits per heavy atom. The summed E-state index contributed by atoms with van der Waals surface area (Å²) in [5, 5.41) is 3.99. The van der Waals surface area contributed by atoms with Crippen molar-refractivity contribution in [2.75, 3.05) is 6.54 Å². The van der Waals surface area contributed by atoms with Gasteiger partial charge in [0.1, 0.15) is 0 Å². The van der Waals surface area contributed by atoms with Crippen LogP contribution in [0.3, 0.4) is 0 Å². The maximum Gasteiger partial charge on any atom is 0.233 e. The lowest BCUT2D eigenvalue weighted by atomic mass is 9.81. The van der Waals surface area contributed by atoms with E-state index in [2.05, 4.69) is 10.1 Å². The van der Waals surface area contributed by atoms with Crippen molar-refractivity contribution < 1.29 is 14.1 Å². The molecule has 1 aliphatic carbocycles. The first-order valence-electron chi connectivity index (χ1n) is 9.14. The Bertz CT molecular complexity index is 790. The molecule has 2 fully saturated rings. The first kappa shape index (κ1) is 16.9. The summed E-state index contributed by atoms with van der Waals surface area (Å²) in [4.78, 5) is 30.7. The molecule has 0 radical (unpaired) electrons. The molecule has 4 rings (SSSR count). The van der Waals surface area contributed by atoms with Crippen LogP contribution in [0.15, 0.2) is 28.8 Å². The molecule has 1 aromatic heterocycles. The summed E-state index contributed by atoms with van der Waals surface area (Å²) >= 11 is 0. The standard InChI is InChI=1S/C19H22N4O3/c20-11-12-5-7-13(8-6-12)17-21-16(26-22-17)9-10-23-18(24)14-3-1-2-4-15(14)19(23)25/h5-8,14-15H,1-4,9-11,20H2. The van der Waals surface area contributed by atoms with Crippen LogP contribution in [-0.2, 0) is 22.6 Å². The van der Waals surface area contributed by atoms with Crippen LogP contribution in [-0.4, -0.2) is 33.4 Å². The molecule has 7 heteroatoms. The molecule has 1 saturated carbocycles. The summed E-state index contributed by atoms with van der Waals surface area (Å²) < 4.78 is 5.29. The van der Waals surface area contributed by atoms with Crippen LogP contribution in [0.4, 0.5) is 0 Å². The zero-order valence-corrected chi connectivity index (χ0v) is 14.6. The monoisotopic (exact) mass is 354 g/mol. The summed E-state index contributed by atoms with van der Waals surface area (Å²) in [7, 11) is 0. The number of nitrogens with zero attached hydrogens (tertiary/aromatic N) is 3. The zero-order valence-electron chi connectivity index (χ0n) is 14.6. The number of likely N-dealkylation sites (tertiary alicyclic amines) is 1. The third-order valence-corrected chi connectivity index (χ3v) is 5.40. The molecular formula is C19H22N4O3. The lowest BCUT2D eigenvalue weighted by molar-refractivity contribution is -0.139. The third-order valence-electron chi connectivity index (χ3n) is 5.40. The van der Waals surface area contributed by atoms with Gasteiger partial charge < -0.3 is 10.3 Å². The largest absolute Gasteiger partial charge is 0.339 e. The van der Waals surface area contributed by atoms with E-state index in [1.54, 1.807) is 0 Å². The molecule has 7 nitrogen and oxygen atoms in total. The topological polar surface area (TPSA) is 102 Å². The van der Waals surface area contributed by atoms with Crippen molar-refractivity contribution in [3.63, 3.8) is 0 Å². The molecule has 2 unspecified atom stereocenters. The van der Waals surface area contributed by atoms with Crippen LogP contribution in [0, 0.1) is 11.8 Å². The highest BCUT2D eigenvalue weighted by Crippen LogP contribution is 2.37. The minimum absolute atomic E-state index is 0.0307. The summed E-state index contributed by atoms with van der Waals surface area (Å²) in [6, 6.07) is 7.65. The lowest BCUT2D eigenvalue weighted by Crippen LogP contribution is -2.33. The van der Waals surface area contributed by atoms with Gasteiger partial charge in [0.15, 0.2) is 0 Å². The lowest BCUT2D eigenvalue weighted by Gasteiger charge is -2.19. The summed E-state index contributed by atoms with van der Waals surface area (Å²) in [5.74, 6) is 0.634. The van der Waals surface area contributed by atoms with Gasteiger partial charge in [0.25, 0.3) is 0 Å². The van der Waals surface area contributed by atoms with Crippen molar-refractivity contribution in [2.24, 2.45) is 17.6 Å². The second-order valence-electron chi connectivity index (χ2n) is 6.99. The van der Waals surface area contributed by atoms with Crippen molar-refractivity contribution >= 4 is 11.8 Å². The highest BCUT2D eigenvalue weighted by atomic mass is 16.5. The van der Waals surface area contributed by atoms with Gasteiger partial charge in [-0.3, -0.25) is 14.5 Å². The average Bonchev–Trinajstić information content (AvgIpc) is 3.25. The summed E-state index contributed by atoms with van der Waals surface area (Å²) in [6.45, 7) is 0.788. The Labute approximate surface area is 151 Å². The van der Waals surface area contributed by atoms with E-state index >= 15 is 0 Å². The van der Waals surface area contributed by atoms with Gasteiger partial charge in [-0.25, -0.2) is 0 Å². The Morgan fingerprint density at radius 3 is 2.35 bits per heavy atom. The molecular weight excluding hydrogens is 332 g/mol. The van der Waals surface area contributed by atoms with E-state index in [-0.39, 0.29) is 23.7 Å². The smallest absolute Gasteiger partial charge is 0.233 e. The van der Waals surface area contributed by atoms with Crippen molar-refractivity contribution in [2.45, 2.75) is 38.6 Å². The fourth-order valence-electron chi connectivity index (χ4n) is 3.92. The fourth-order valence-corrected chi connectivity index (χ4v) is 3.92. The summed E-state index contributed by atoms with van der Waals surface area (Å²) in [6.07, 6.45) is 4.10. The molecule has 2 amide bonds. The number of rotatable bonds is 5. The van der Waals surface area contributed by atoms with Crippen LogP contribution >= 0.6 is 0 Å². The first-order valence-corrected chi connectivity index (χ1v) is 9.14. The maximum atomic E-state index is 12.5. The predicted molar refractivity (Wildman–Crippen MR) is 93.5 cm³/mol. The SMILES string of the molecule is NCc1ccc(-c2noc(CCN3C(=O)C4CCCCC4C3=O)n2)cc1. The molecule has 2 N–H and O–H groups in total. The van der Waals surface area contributed by atoms with E-state index in [0.717, 1.165) is 36.8 Å². The minimum Gasteiger partial charge on any atom is -0.339 e. The number of amides is 2. The average molecular weight is 354 g/mol. The van der Waals surface area contributed by atoms with Crippen molar-refractivity contribution in [1.29, 1.82) is 0 Å². The molecule has 1 saturated heterocycles. The Morgan fingerprint density at radius 2 is 1.73 bits per heavy atom. The number of imide groups is 1. The van der Waals surface area contributed by atoms with E-state index < -0.39 is 0 Å². The molecule has 26 heavy (non-hydrogen) atoms. The van der Waals surface area contributed by atoms with E-state index in [0.29, 0.717) is 31.2 Å². The van der Waals surface area contributed by atoms with E-state index in [4.69, 9.17) is 10.3 Å². The van der Waals surface area contributed by atoms with Crippen LogP contribution in [0.1, 0.15) is 37.1 Å². The molecule has 2 aliphatic rings. The van der Waals surface area contributed by atoms with Gasteiger partial charge in [-0.05, 0) is 18.4 Å². The minimum atomic E-state index is -0.115. The van der Waals surface area contributed by atoms with Gasteiger partial charge in [0.2, 0.25) is 23.5 Å². The number of carbonyl (C=O) groups is 2. The first-order chi connectivity index (χ1) is 12.7. The van der Waals surface area contributed by atoms with Crippen LogP contribution < -0.4 is 5.73 Å². The number of aromatic nitrogens is 2. The second-order valence-corrected chi connectivity index (χ2v) is 6.99. The molecule has 0 bridgehead atoms. The molecule has 1 aliphatic heterocycles. The highest BCUT2D eigenvalue weighted by Gasteiger charge is 2.47. The number of fused-ring (bicyclic) bond motifs is 1. The highest BCUT2D eigenvalue weighted by molar-refractivity contribution is 6.05. The Kier molecular flexibility index (Phi) is 4.55. The number of hydrogen-bond acceptors (Lipinski definition) is 6. The number of carbonyl (C=O) groups excluding carboxylic acids is 2. The van der Waals surface area contributed by atoms with Crippen molar-refractivity contribution in [3.05, 3.63) is 35.7 Å². The predicted octanol–water partition coefficient (Wildman–Crippen LogP) is 1.91. The van der Waals surface area contributed by atoms with E-state index in [1.807, 2.05) is 24.3 Å². The number of hydrogen-bond donors (Lipinski definition) is 1. The van der Waals surface area contributed by atoms with Crippen LogP contribution in [0.2, 0.25) is 0 Å². The van der Waals surface area contributed by atoms with Crippen molar-refractivity contribution in [3.8, 4) is 11.4 Å². The molecule has 2 heterocycles. The number of benzene rings is 1. The van der Waals surface area contributed by atoms with Gasteiger partial charge in [-0.2, -0.15) is 4.98 Å². The molecule has 0 spiro atoms. The normalized spacial score (nSPS) is 22.7. The summed E-state index contributed by atoms with van der Waals surface area (Å²) in [5.41, 5.74) is 7.47. The fraction of sp³-hybridized carbons (Fsp3) is 0.474. The van der Waals surface area contributed by atoms with Gasteiger partial charge >= 0.3 is 0 Å². The Balaban J connectivity index is 1.41. The second kappa shape index (κ2) is 6.99. The quantitative estimate of drug-likeness (QED) is 0.823. The molecule has 2 aromatic rings. The van der Waals surface area contributed by atoms with Crippen molar-refractivity contribution in [1.82, 2.24) is 15.0 Å². The maximum absolute atomic E-state index is 12.5. The van der Waals surface area contributed by atoms with E-state index in [1.165, 1.54) is 4.90 Å². The third kappa shape index (κ3) is 3.03. The number of nitrogens with two attached hydrogens (primary N) is 1. The van der Waals surface area contributed by atoms with Gasteiger partial charge in [-0.1, -0.05) is 42.3 Å². The zero-order chi connectivity index (χ0) is 18.1. The Hall–Kier alpha value is -2.54.